The third kappa shape index (κ3) is 5.06. The van der Waals surface area contributed by atoms with Gasteiger partial charge in [-0.3, -0.25) is 4.79 Å². The molecule has 0 atom stereocenters. The van der Waals surface area contributed by atoms with Crippen LogP contribution in [0.2, 0.25) is 0 Å². The smallest absolute Gasteiger partial charge is 0.316 e. The predicted molar refractivity (Wildman–Crippen MR) is 79.7 cm³/mol. The minimum atomic E-state index is -0.192. The molecule has 0 saturated heterocycles. The lowest BCUT2D eigenvalue weighted by molar-refractivity contribution is -0.144. The largest absolute Gasteiger partial charge is 0.462 e. The van der Waals surface area contributed by atoms with Crippen LogP contribution in [0.3, 0.4) is 0 Å². The Hall–Kier alpha value is -1.07. The molecule has 0 amide bonds. The van der Waals surface area contributed by atoms with E-state index in [2.05, 4.69) is 0 Å². The fourth-order valence-electron chi connectivity index (χ4n) is 1.43. The van der Waals surface area contributed by atoms with Crippen LogP contribution in [-0.2, 0) is 15.3 Å². The highest BCUT2D eigenvalue weighted by Crippen LogP contribution is 2.17. The van der Waals surface area contributed by atoms with Crippen LogP contribution in [-0.4, -0.2) is 22.8 Å². The quantitative estimate of drug-likeness (QED) is 0.642. The zero-order valence-electron chi connectivity index (χ0n) is 10.5. The number of benzene rings is 1. The van der Waals surface area contributed by atoms with Gasteiger partial charge in [-0.05, 0) is 19.4 Å². The molecule has 18 heavy (non-hydrogen) atoms. The van der Waals surface area contributed by atoms with E-state index in [0.29, 0.717) is 16.5 Å². The number of esters is 1. The molecular weight excluding hydrogens is 266 g/mol. The van der Waals surface area contributed by atoms with Crippen molar-refractivity contribution in [3.63, 3.8) is 0 Å². The van der Waals surface area contributed by atoms with E-state index in [1.807, 2.05) is 38.1 Å². The van der Waals surface area contributed by atoms with E-state index in [4.69, 9.17) is 22.7 Å². The molecule has 0 unspecified atom stereocenters. The predicted octanol–water partition coefficient (Wildman–Crippen LogP) is 2.51. The maximum absolute atomic E-state index is 11.4. The third-order valence-electron chi connectivity index (χ3n) is 2.13. The molecule has 1 aromatic carbocycles. The number of carbonyl (C=O) groups excluding carboxylic acids is 1. The van der Waals surface area contributed by atoms with Crippen LogP contribution in [0, 0.1) is 0 Å². The van der Waals surface area contributed by atoms with Gasteiger partial charge in [-0.25, -0.2) is 0 Å². The molecule has 0 radical (unpaired) electrons. The number of thiocarbonyl (C=S) groups is 1. The lowest BCUT2D eigenvalue weighted by Gasteiger charge is -2.09. The van der Waals surface area contributed by atoms with Crippen LogP contribution in [0.4, 0.5) is 0 Å². The van der Waals surface area contributed by atoms with Crippen molar-refractivity contribution in [2.45, 2.75) is 25.7 Å². The maximum Gasteiger partial charge on any atom is 0.316 e. The second kappa shape index (κ2) is 7.38. The summed E-state index contributed by atoms with van der Waals surface area (Å²) in [6, 6.07) is 7.69. The minimum Gasteiger partial charge on any atom is -0.462 e. The molecule has 0 aliphatic heterocycles. The molecule has 0 saturated carbocycles. The van der Waals surface area contributed by atoms with Crippen molar-refractivity contribution in [3.05, 3.63) is 35.4 Å². The summed E-state index contributed by atoms with van der Waals surface area (Å²) in [6.45, 7) is 3.68. The second-order valence-electron chi connectivity index (χ2n) is 4.05. The van der Waals surface area contributed by atoms with E-state index in [-0.39, 0.29) is 12.1 Å². The summed E-state index contributed by atoms with van der Waals surface area (Å²) >= 11 is 6.48. The number of carbonyl (C=O) groups is 1. The highest BCUT2D eigenvalue weighted by atomic mass is 32.2. The van der Waals surface area contributed by atoms with Crippen LogP contribution in [0.25, 0.3) is 0 Å². The molecule has 3 nitrogen and oxygen atoms in total. The molecule has 2 N–H and O–H groups in total. The van der Waals surface area contributed by atoms with Crippen molar-refractivity contribution in [1.82, 2.24) is 0 Å². The standard InChI is InChI=1S/C13H17NO2S2/c1-9(2)16-12(15)8-18-7-10-5-3-4-6-11(10)13(14)17/h3-6,9H,7-8H2,1-2H3,(H2,14,17). The maximum atomic E-state index is 11.4. The number of hydrogen-bond acceptors (Lipinski definition) is 4. The van der Waals surface area contributed by atoms with Crippen molar-refractivity contribution in [2.75, 3.05) is 5.75 Å². The summed E-state index contributed by atoms with van der Waals surface area (Å²) in [5.74, 6) is 0.840. The molecule has 0 bridgehead atoms. The molecule has 1 aromatic rings. The number of ether oxygens (including phenoxy) is 1. The summed E-state index contributed by atoms with van der Waals surface area (Å²) in [4.78, 5) is 11.8. The van der Waals surface area contributed by atoms with E-state index < -0.39 is 0 Å². The number of thioether (sulfide) groups is 1. The Labute approximate surface area is 117 Å². The molecular formula is C13H17NO2S2. The van der Waals surface area contributed by atoms with E-state index in [0.717, 1.165) is 11.1 Å². The number of rotatable bonds is 6. The first-order valence-corrected chi connectivity index (χ1v) is 7.22. The first-order valence-electron chi connectivity index (χ1n) is 5.65. The van der Waals surface area contributed by atoms with Gasteiger partial charge < -0.3 is 10.5 Å². The topological polar surface area (TPSA) is 52.3 Å². The monoisotopic (exact) mass is 283 g/mol. The highest BCUT2D eigenvalue weighted by molar-refractivity contribution is 7.99. The Kier molecular flexibility index (Phi) is 6.15. The Bertz CT molecular complexity index is 433. The Morgan fingerprint density at radius 1 is 1.44 bits per heavy atom. The van der Waals surface area contributed by atoms with Gasteiger partial charge in [0.25, 0.3) is 0 Å². The normalized spacial score (nSPS) is 10.4. The van der Waals surface area contributed by atoms with Crippen molar-refractivity contribution >= 4 is 34.9 Å². The first-order chi connectivity index (χ1) is 8.50. The summed E-state index contributed by atoms with van der Waals surface area (Å²) < 4.78 is 5.06. The minimum absolute atomic E-state index is 0.0676. The van der Waals surface area contributed by atoms with Crippen molar-refractivity contribution in [3.8, 4) is 0 Å². The molecule has 0 fully saturated rings. The lowest BCUT2D eigenvalue weighted by Crippen LogP contribution is -2.14. The third-order valence-corrected chi connectivity index (χ3v) is 3.30. The number of hydrogen-bond donors (Lipinski definition) is 1. The molecule has 98 valence electrons. The van der Waals surface area contributed by atoms with Gasteiger partial charge in [-0.15, -0.1) is 11.8 Å². The molecule has 0 spiro atoms. The van der Waals surface area contributed by atoms with E-state index >= 15 is 0 Å². The summed E-state index contributed by atoms with van der Waals surface area (Å²) in [6.07, 6.45) is -0.0676. The SMILES string of the molecule is CC(C)OC(=O)CSCc1ccccc1C(N)=S. The van der Waals surface area contributed by atoms with Gasteiger partial charge in [0.2, 0.25) is 0 Å². The molecule has 1 rings (SSSR count). The van der Waals surface area contributed by atoms with Gasteiger partial charge in [0.05, 0.1) is 11.9 Å². The molecule has 0 aliphatic rings. The van der Waals surface area contributed by atoms with Crippen LogP contribution >= 0.6 is 24.0 Å². The van der Waals surface area contributed by atoms with Gasteiger partial charge in [-0.1, -0.05) is 36.5 Å². The summed E-state index contributed by atoms with van der Waals surface area (Å²) in [5.41, 5.74) is 7.56. The van der Waals surface area contributed by atoms with Gasteiger partial charge in [0.15, 0.2) is 0 Å². The van der Waals surface area contributed by atoms with Crippen LogP contribution in [0.15, 0.2) is 24.3 Å². The molecule has 5 heteroatoms. The Morgan fingerprint density at radius 3 is 2.72 bits per heavy atom. The number of nitrogens with two attached hydrogens (primary N) is 1. The fourth-order valence-corrected chi connectivity index (χ4v) is 2.44. The molecule has 0 aliphatic carbocycles. The van der Waals surface area contributed by atoms with Crippen molar-refractivity contribution in [2.24, 2.45) is 5.73 Å². The zero-order valence-corrected chi connectivity index (χ0v) is 12.1. The van der Waals surface area contributed by atoms with Crippen LogP contribution < -0.4 is 5.73 Å². The van der Waals surface area contributed by atoms with Crippen molar-refractivity contribution < 1.29 is 9.53 Å². The van der Waals surface area contributed by atoms with Crippen molar-refractivity contribution in [1.29, 1.82) is 0 Å². The fraction of sp³-hybridized carbons (Fsp3) is 0.385. The average Bonchev–Trinajstić information content (AvgIpc) is 2.28. The Morgan fingerprint density at radius 2 is 2.11 bits per heavy atom. The summed E-state index contributed by atoms with van der Waals surface area (Å²) in [7, 11) is 0. The molecule has 0 heterocycles. The Balaban J connectivity index is 2.49. The summed E-state index contributed by atoms with van der Waals surface area (Å²) in [5, 5.41) is 0. The van der Waals surface area contributed by atoms with Gasteiger partial charge >= 0.3 is 5.97 Å². The van der Waals surface area contributed by atoms with Crippen LogP contribution in [0.1, 0.15) is 25.0 Å². The van der Waals surface area contributed by atoms with E-state index in [1.54, 1.807) is 0 Å². The molecule has 0 aromatic heterocycles. The highest BCUT2D eigenvalue weighted by Gasteiger charge is 2.08. The second-order valence-corrected chi connectivity index (χ2v) is 5.48. The van der Waals surface area contributed by atoms with Gasteiger partial charge in [-0.2, -0.15) is 0 Å². The van der Waals surface area contributed by atoms with E-state index in [1.165, 1.54) is 11.8 Å². The van der Waals surface area contributed by atoms with Gasteiger partial charge in [0, 0.05) is 11.3 Å². The zero-order chi connectivity index (χ0) is 13.5. The van der Waals surface area contributed by atoms with Crippen LogP contribution in [0.5, 0.6) is 0 Å². The average molecular weight is 283 g/mol. The van der Waals surface area contributed by atoms with Gasteiger partial charge in [0.1, 0.15) is 4.99 Å². The lowest BCUT2D eigenvalue weighted by atomic mass is 10.1. The first kappa shape index (κ1) is 15.0. The van der Waals surface area contributed by atoms with E-state index in [9.17, 15) is 4.79 Å².